The molecule has 120 heavy (non-hydrogen) atoms. The molecule has 9 aromatic rings. The highest BCUT2D eigenvalue weighted by molar-refractivity contribution is 7.89. The Balaban J connectivity index is 0.000000190. The van der Waals surface area contributed by atoms with Crippen LogP contribution in [0.3, 0.4) is 0 Å². The van der Waals surface area contributed by atoms with Crippen LogP contribution in [0.25, 0.3) is 67.3 Å². The normalized spacial score (nSPS) is 15.8. The van der Waals surface area contributed by atoms with Gasteiger partial charge in [-0.2, -0.15) is 12.9 Å². The molecule has 0 spiro atoms. The number of sulfonamides is 3. The maximum atomic E-state index is 13.7. The van der Waals surface area contributed by atoms with Gasteiger partial charge in [0.25, 0.3) is 31.9 Å². The van der Waals surface area contributed by atoms with Crippen molar-refractivity contribution in [1.82, 2.24) is 56.5 Å². The Bertz CT molecular complexity index is 5670. The highest BCUT2D eigenvalue weighted by Crippen LogP contribution is 2.39. The number of ether oxygens (including phenoxy) is 3. The molecule has 0 radical (unpaired) electrons. The van der Waals surface area contributed by atoms with Crippen LogP contribution in [-0.4, -0.2) is 210 Å². The summed E-state index contributed by atoms with van der Waals surface area (Å²) in [5, 5.41) is 58.2. The molecular formula is C78H105N15O24S3. The van der Waals surface area contributed by atoms with E-state index < -0.39 is 82.8 Å². The maximum absolute atomic E-state index is 13.7. The summed E-state index contributed by atoms with van der Waals surface area (Å²) in [6.45, 7) is 12.5. The zero-order valence-corrected chi connectivity index (χ0v) is 70.9. The minimum absolute atomic E-state index is 0.00209. The van der Waals surface area contributed by atoms with E-state index in [2.05, 4.69) is 36.4 Å². The predicted molar refractivity (Wildman–Crippen MR) is 441 cm³/mol. The largest absolute Gasteiger partial charge is 0.493 e. The first-order valence-corrected chi connectivity index (χ1v) is 44.4. The van der Waals surface area contributed by atoms with E-state index >= 15 is 0 Å². The number of nitrogens with zero attached hydrogens (tertiary/aromatic N) is 12. The molecule has 12 rings (SSSR count). The van der Waals surface area contributed by atoms with Gasteiger partial charge in [-0.15, -0.1) is 30.3 Å². The molecule has 3 fully saturated rings. The number of nitrogens with one attached hydrogen (secondary N) is 3. The number of hydrogen-bond acceptors (Lipinski definition) is 27. The molecule has 3 aliphatic rings. The monoisotopic (exact) mass is 1730 g/mol. The van der Waals surface area contributed by atoms with Gasteiger partial charge in [0, 0.05) is 79.0 Å². The van der Waals surface area contributed by atoms with E-state index in [9.17, 15) is 85.3 Å². The van der Waals surface area contributed by atoms with Crippen LogP contribution >= 0.6 is 0 Å². The fourth-order valence-corrected chi connectivity index (χ4v) is 19.8. The summed E-state index contributed by atoms with van der Waals surface area (Å²) in [7, 11) is -6.46. The third kappa shape index (κ3) is 21.3. The van der Waals surface area contributed by atoms with Gasteiger partial charge in [-0.3, -0.25) is 14.4 Å². The van der Waals surface area contributed by atoms with Crippen molar-refractivity contribution in [3.05, 3.63) is 151 Å². The molecule has 6 aromatic heterocycles. The fraction of sp³-hybridized carbons (Fsp3) is 0.538. The van der Waals surface area contributed by atoms with Crippen LogP contribution in [0.5, 0.6) is 17.2 Å². The Morgan fingerprint density at radius 3 is 1.03 bits per heavy atom. The Kier molecular flexibility index (Phi) is 31.2. The summed E-state index contributed by atoms with van der Waals surface area (Å²) < 4.78 is 109. The molecule has 0 amide bonds. The minimum Gasteiger partial charge on any atom is -0.493 e. The van der Waals surface area contributed by atoms with Crippen LogP contribution in [0, 0.1) is 48.1 Å². The summed E-state index contributed by atoms with van der Waals surface area (Å²) in [6.07, 6.45) is 11.4. The van der Waals surface area contributed by atoms with Gasteiger partial charge in [-0.1, -0.05) is 60.8 Å². The first kappa shape index (κ1) is 91.8. The Hall–Kier alpha value is -10.5. The third-order valence-electron chi connectivity index (χ3n) is 21.4. The summed E-state index contributed by atoms with van der Waals surface area (Å²) in [5.41, 5.74) is 5.91. The number of aromatic amines is 3. The molecule has 42 heteroatoms. The smallest absolute Gasteiger partial charge is 0.294 e. The predicted octanol–water partition coefficient (Wildman–Crippen LogP) is 7.92. The number of benzene rings is 3. The fourth-order valence-electron chi connectivity index (χ4n) is 15.3. The Morgan fingerprint density at radius 2 is 0.750 bits per heavy atom. The summed E-state index contributed by atoms with van der Waals surface area (Å²) in [5.74, 6) is 0.864. The van der Waals surface area contributed by atoms with E-state index in [0.717, 1.165) is 61.6 Å². The lowest BCUT2D eigenvalue weighted by Crippen LogP contribution is -2.43. The van der Waals surface area contributed by atoms with Gasteiger partial charge < -0.3 is 72.7 Å². The van der Waals surface area contributed by atoms with Crippen LogP contribution in [0.15, 0.2) is 102 Å². The zero-order chi connectivity index (χ0) is 87.1. The molecule has 3 aliphatic heterocycles. The van der Waals surface area contributed by atoms with Crippen LogP contribution in [0.2, 0.25) is 0 Å². The van der Waals surface area contributed by atoms with Gasteiger partial charge in [0.2, 0.25) is 30.1 Å². The molecule has 39 nitrogen and oxygen atoms in total. The summed E-state index contributed by atoms with van der Waals surface area (Å²) in [4.78, 5) is 107. The van der Waals surface area contributed by atoms with Crippen LogP contribution in [-0.2, 0) is 85.0 Å². The van der Waals surface area contributed by atoms with Gasteiger partial charge in [0.1, 0.15) is 70.6 Å². The average molecular weight is 1730 g/mol. The molecule has 0 aliphatic carbocycles. The van der Waals surface area contributed by atoms with Crippen molar-refractivity contribution in [1.29, 1.82) is 0 Å². The SMILES string of the molecule is CCCOc1ccc(S(=O)(=O)N2CCC([C@@H](O)CO)CC2)cc1-c1nc2c(CCC)cn(C)c2c(=O)[nH]1.CCCOc1ccc(S(=O)(=O)N2CCC([C@@H](O)CO[N+](=O)[O-])CC2)cc1-c1nc2c(CCC)cn(C)c2c(=O)[nH]1.CCCOc1ccc(S(=O)(=O)N2CCC([C@H](CO[N+](=O)[O-])O[N+](=O)[O-])CC2)cc1-c1nc2c(CCC)cn(C)c2c(=O)[nH]1. The van der Waals surface area contributed by atoms with Gasteiger partial charge >= 0.3 is 0 Å². The molecule has 654 valence electrons. The number of aliphatic hydroxyl groups is 3. The molecule has 0 unspecified atom stereocenters. The van der Waals surface area contributed by atoms with Crippen molar-refractivity contribution >= 4 is 63.2 Å². The third-order valence-corrected chi connectivity index (χ3v) is 27.1. The number of H-pyrrole nitrogens is 3. The lowest BCUT2D eigenvalue weighted by molar-refractivity contribution is -0.791. The molecule has 0 bridgehead atoms. The van der Waals surface area contributed by atoms with Crippen molar-refractivity contribution < 1.29 is 84.6 Å². The van der Waals surface area contributed by atoms with Crippen molar-refractivity contribution in [3.63, 3.8) is 0 Å². The molecule has 3 atom stereocenters. The number of aliphatic hydroxyl groups excluding tert-OH is 3. The standard InChI is InChI=1S/C26H34N6O10S.C26H35N5O8S.C26H36N4O6S/c1-4-6-18-15-29(3)24-23(18)27-25(28-26(24)33)20-14-19(7-8-21(20)40-13-5-2)43(38,39)30-11-9-17(10-12-30)22(42-32(36)37)16-41-31(34)35;1-4-6-18-15-29(3)24-23(18)27-25(28-26(24)33)20-14-19(7-8-22(20)38-13-5-2)40(36,37)30-11-9-17(10-12-30)21(32)16-39-31(34)35;1-4-6-18-15-29(3)24-23(18)27-25(28-26(24)33)20-14-19(7-8-22(20)36-13-5-2)37(34,35)30-11-9-17(10-12-30)21(32)16-31/h7-8,14-15,17,22H,4-6,9-13,16H2,1-3H3,(H,27,28,33);7-8,14-15,17,21,32H,4-6,9-13,16H2,1-3H3,(H,27,28,33);7-8,14-15,17,21,31-32H,4-6,9-13,16H2,1-3H3,(H,27,28,33)/t22-;2*21-/m000/s1. The van der Waals surface area contributed by atoms with Crippen molar-refractivity contribution in [3.8, 4) is 51.4 Å². The van der Waals surface area contributed by atoms with E-state index in [1.165, 1.54) is 55.4 Å². The van der Waals surface area contributed by atoms with Crippen molar-refractivity contribution in [2.45, 2.75) is 171 Å². The van der Waals surface area contributed by atoms with E-state index in [4.69, 9.17) is 29.2 Å². The number of hydrogen-bond donors (Lipinski definition) is 6. The van der Waals surface area contributed by atoms with Crippen LogP contribution < -0.4 is 30.9 Å². The molecule has 6 N–H and O–H groups in total. The first-order valence-electron chi connectivity index (χ1n) is 40.1. The topological polar surface area (TPSA) is 510 Å². The van der Waals surface area contributed by atoms with Crippen LogP contribution in [0.4, 0.5) is 0 Å². The second kappa shape index (κ2) is 40.7. The van der Waals surface area contributed by atoms with Gasteiger partial charge in [-0.25, -0.2) is 40.2 Å². The minimum atomic E-state index is -4.05. The summed E-state index contributed by atoms with van der Waals surface area (Å²) in [6, 6.07) is 13.5. The lowest BCUT2D eigenvalue weighted by atomic mass is 9.92. The molecule has 3 saturated heterocycles. The number of aryl methyl sites for hydroxylation is 6. The average Bonchev–Trinajstić information content (AvgIpc) is 1.51. The number of fused-ring (bicyclic) bond motifs is 3. The lowest BCUT2D eigenvalue weighted by Gasteiger charge is -2.34. The second-order valence-electron chi connectivity index (χ2n) is 29.8. The first-order chi connectivity index (χ1) is 57.2. The van der Waals surface area contributed by atoms with E-state index in [1.54, 1.807) is 39.9 Å². The van der Waals surface area contributed by atoms with Crippen molar-refractivity contribution in [2.24, 2.45) is 38.9 Å². The molecule has 9 heterocycles. The highest BCUT2D eigenvalue weighted by Gasteiger charge is 2.38. The highest BCUT2D eigenvalue weighted by atomic mass is 32.2. The van der Waals surface area contributed by atoms with E-state index in [0.29, 0.717) is 125 Å². The second-order valence-corrected chi connectivity index (χ2v) is 35.7. The summed E-state index contributed by atoms with van der Waals surface area (Å²) >= 11 is 0. The zero-order valence-electron chi connectivity index (χ0n) is 68.5. The Labute approximate surface area is 692 Å². The van der Waals surface area contributed by atoms with Gasteiger partial charge in [0.15, 0.2) is 0 Å². The number of piperidine rings is 3. The quantitative estimate of drug-likeness (QED) is 0.0160. The van der Waals surface area contributed by atoms with Gasteiger partial charge in [-0.05, 0) is 166 Å². The van der Waals surface area contributed by atoms with Gasteiger partial charge in [0.05, 0.1) is 86.6 Å². The van der Waals surface area contributed by atoms with Crippen molar-refractivity contribution in [2.75, 3.05) is 78.9 Å². The molecule has 0 saturated carbocycles. The van der Waals surface area contributed by atoms with E-state index in [1.807, 2.05) is 60.3 Å². The number of rotatable bonds is 36. The van der Waals surface area contributed by atoms with Crippen LogP contribution in [0.1, 0.15) is 135 Å². The Morgan fingerprint density at radius 1 is 0.450 bits per heavy atom. The maximum Gasteiger partial charge on any atom is 0.294 e. The van der Waals surface area contributed by atoms with E-state index in [-0.39, 0.29) is 119 Å². The molecular weight excluding hydrogens is 1630 g/mol. The molecule has 3 aromatic carbocycles. The number of aromatic nitrogens is 9.